The first-order valence-electron chi connectivity index (χ1n) is 4.22. The molecule has 0 aromatic heterocycles. The van der Waals surface area contributed by atoms with Crippen molar-refractivity contribution in [3.05, 3.63) is 28.5 Å². The van der Waals surface area contributed by atoms with Gasteiger partial charge in [-0.15, -0.1) is 0 Å². The smallest absolute Gasteiger partial charge is 0.340 e. The summed E-state index contributed by atoms with van der Waals surface area (Å²) in [5.74, 6) is -1.38. The van der Waals surface area contributed by atoms with Gasteiger partial charge in [-0.3, -0.25) is 0 Å². The molecule has 0 bridgehead atoms. The summed E-state index contributed by atoms with van der Waals surface area (Å²) in [6, 6.07) is 2.77. The number of halogens is 2. The van der Waals surface area contributed by atoms with Crippen LogP contribution in [0.25, 0.3) is 0 Å². The maximum absolute atomic E-state index is 13.8. The number of carbonyl (C=O) groups is 1. The van der Waals surface area contributed by atoms with Gasteiger partial charge < -0.3 is 9.64 Å². The molecule has 0 atom stereocenters. The van der Waals surface area contributed by atoms with Crippen molar-refractivity contribution >= 4 is 23.3 Å². The third-order valence-electron chi connectivity index (χ3n) is 1.92. The predicted molar refractivity (Wildman–Crippen MR) is 57.1 cm³/mol. The molecule has 0 unspecified atom stereocenters. The van der Waals surface area contributed by atoms with Gasteiger partial charge in [-0.05, 0) is 12.1 Å². The molecule has 0 radical (unpaired) electrons. The summed E-state index contributed by atoms with van der Waals surface area (Å²) in [4.78, 5) is 12.7. The summed E-state index contributed by atoms with van der Waals surface area (Å²) < 4.78 is 18.2. The molecule has 0 spiro atoms. The van der Waals surface area contributed by atoms with Crippen LogP contribution in [-0.2, 0) is 4.74 Å². The van der Waals surface area contributed by atoms with E-state index in [-0.39, 0.29) is 16.3 Å². The van der Waals surface area contributed by atoms with E-state index in [9.17, 15) is 9.18 Å². The van der Waals surface area contributed by atoms with E-state index in [1.807, 2.05) is 0 Å². The highest BCUT2D eigenvalue weighted by Crippen LogP contribution is 2.29. The van der Waals surface area contributed by atoms with E-state index in [1.54, 1.807) is 14.1 Å². The van der Waals surface area contributed by atoms with Crippen LogP contribution < -0.4 is 4.90 Å². The van der Waals surface area contributed by atoms with Crippen molar-refractivity contribution < 1.29 is 13.9 Å². The summed E-state index contributed by atoms with van der Waals surface area (Å²) in [6.07, 6.45) is 0. The molecule has 5 heteroatoms. The number of benzene rings is 1. The third-order valence-corrected chi connectivity index (χ3v) is 2.22. The maximum Gasteiger partial charge on any atom is 0.340 e. The molecule has 0 aliphatic carbocycles. The highest BCUT2D eigenvalue weighted by Gasteiger charge is 2.19. The first kappa shape index (κ1) is 11.8. The lowest BCUT2D eigenvalue weighted by Crippen LogP contribution is -2.14. The van der Waals surface area contributed by atoms with Gasteiger partial charge in [-0.25, -0.2) is 9.18 Å². The van der Waals surface area contributed by atoms with Crippen LogP contribution in [0.5, 0.6) is 0 Å². The van der Waals surface area contributed by atoms with Crippen molar-refractivity contribution in [2.45, 2.75) is 0 Å². The number of esters is 1. The zero-order chi connectivity index (χ0) is 11.6. The normalized spacial score (nSPS) is 9.93. The minimum Gasteiger partial charge on any atom is -0.465 e. The number of ether oxygens (including phenoxy) is 1. The number of rotatable bonds is 2. The van der Waals surface area contributed by atoms with Gasteiger partial charge in [0.2, 0.25) is 0 Å². The van der Waals surface area contributed by atoms with Crippen molar-refractivity contribution in [3.8, 4) is 0 Å². The lowest BCUT2D eigenvalue weighted by Gasteiger charge is -2.16. The lowest BCUT2D eigenvalue weighted by molar-refractivity contribution is 0.0595. The second-order valence-corrected chi connectivity index (χ2v) is 3.55. The number of methoxy groups -OCH3 is 1. The van der Waals surface area contributed by atoms with Gasteiger partial charge in [0, 0.05) is 14.1 Å². The third kappa shape index (κ3) is 2.21. The predicted octanol–water partition coefficient (Wildman–Crippen LogP) is 2.33. The Labute approximate surface area is 92.4 Å². The van der Waals surface area contributed by atoms with E-state index >= 15 is 0 Å². The quantitative estimate of drug-likeness (QED) is 0.732. The Kier molecular flexibility index (Phi) is 3.52. The minimum atomic E-state index is -0.715. The molecule has 0 heterocycles. The molecule has 3 nitrogen and oxygen atoms in total. The van der Waals surface area contributed by atoms with Crippen LogP contribution in [0, 0.1) is 5.82 Å². The summed E-state index contributed by atoms with van der Waals surface area (Å²) in [5, 5.41) is 0.255. The number of nitrogens with zero attached hydrogens (tertiary/aromatic N) is 1. The fraction of sp³-hybridized carbons (Fsp3) is 0.300. The van der Waals surface area contributed by atoms with Crippen molar-refractivity contribution in [3.63, 3.8) is 0 Å². The van der Waals surface area contributed by atoms with E-state index in [0.717, 1.165) is 0 Å². The van der Waals surface area contributed by atoms with Crippen LogP contribution >= 0.6 is 11.6 Å². The minimum absolute atomic E-state index is 0.120. The van der Waals surface area contributed by atoms with Gasteiger partial charge in [0.1, 0.15) is 0 Å². The first-order chi connectivity index (χ1) is 6.99. The Bertz CT molecular complexity index is 393. The van der Waals surface area contributed by atoms with E-state index in [2.05, 4.69) is 4.74 Å². The zero-order valence-corrected chi connectivity index (χ0v) is 9.43. The standard InChI is InChI=1S/C10H11ClFNO2/c1-13(2)9-7(11)5-4-6(8(9)12)10(14)15-3/h4-5H,1-3H3. The second-order valence-electron chi connectivity index (χ2n) is 3.14. The summed E-state index contributed by atoms with van der Waals surface area (Å²) in [6.45, 7) is 0. The monoisotopic (exact) mass is 231 g/mol. The zero-order valence-electron chi connectivity index (χ0n) is 8.67. The Balaban J connectivity index is 3.35. The van der Waals surface area contributed by atoms with Gasteiger partial charge in [-0.1, -0.05) is 11.6 Å². The fourth-order valence-electron chi connectivity index (χ4n) is 1.22. The molecule has 0 aliphatic heterocycles. The topological polar surface area (TPSA) is 29.5 Å². The number of anilines is 1. The van der Waals surface area contributed by atoms with Crippen LogP contribution in [0.2, 0.25) is 5.02 Å². The van der Waals surface area contributed by atoms with Crippen LogP contribution in [-0.4, -0.2) is 27.2 Å². The molecule has 82 valence electrons. The molecular weight excluding hydrogens is 221 g/mol. The molecule has 1 aromatic carbocycles. The SMILES string of the molecule is COC(=O)c1ccc(Cl)c(N(C)C)c1F. The van der Waals surface area contributed by atoms with Crippen LogP contribution in [0.15, 0.2) is 12.1 Å². The Hall–Kier alpha value is -1.29. The maximum atomic E-state index is 13.8. The first-order valence-corrected chi connectivity index (χ1v) is 4.60. The number of hydrogen-bond donors (Lipinski definition) is 0. The van der Waals surface area contributed by atoms with Gasteiger partial charge in [0.25, 0.3) is 0 Å². The summed E-state index contributed by atoms with van der Waals surface area (Å²) >= 11 is 5.81. The van der Waals surface area contributed by atoms with Crippen molar-refractivity contribution in [2.75, 3.05) is 26.1 Å². The molecule has 15 heavy (non-hydrogen) atoms. The van der Waals surface area contributed by atoms with Gasteiger partial charge in [0.15, 0.2) is 5.82 Å². The average Bonchev–Trinajstić information content (AvgIpc) is 2.16. The van der Waals surface area contributed by atoms with E-state index in [4.69, 9.17) is 11.6 Å². The van der Waals surface area contributed by atoms with E-state index in [1.165, 1.54) is 24.1 Å². The Morgan fingerprint density at radius 3 is 2.53 bits per heavy atom. The Morgan fingerprint density at radius 2 is 2.07 bits per heavy atom. The summed E-state index contributed by atoms with van der Waals surface area (Å²) in [7, 11) is 4.49. The molecule has 1 rings (SSSR count). The molecule has 1 aromatic rings. The molecular formula is C10H11ClFNO2. The molecule has 0 aliphatic rings. The van der Waals surface area contributed by atoms with Crippen molar-refractivity contribution in [2.24, 2.45) is 0 Å². The van der Waals surface area contributed by atoms with Crippen molar-refractivity contribution in [1.29, 1.82) is 0 Å². The molecule has 0 saturated heterocycles. The van der Waals surface area contributed by atoms with Crippen LogP contribution in [0.3, 0.4) is 0 Å². The Morgan fingerprint density at radius 1 is 1.47 bits per heavy atom. The molecule has 0 fully saturated rings. The fourth-order valence-corrected chi connectivity index (χ4v) is 1.53. The van der Waals surface area contributed by atoms with Gasteiger partial charge >= 0.3 is 5.97 Å². The number of hydrogen-bond acceptors (Lipinski definition) is 3. The van der Waals surface area contributed by atoms with Gasteiger partial charge in [0.05, 0.1) is 23.4 Å². The van der Waals surface area contributed by atoms with Gasteiger partial charge in [-0.2, -0.15) is 0 Å². The highest BCUT2D eigenvalue weighted by molar-refractivity contribution is 6.33. The van der Waals surface area contributed by atoms with E-state index < -0.39 is 11.8 Å². The highest BCUT2D eigenvalue weighted by atomic mass is 35.5. The summed E-state index contributed by atoms with van der Waals surface area (Å²) in [5.41, 5.74) is 0.0603. The largest absolute Gasteiger partial charge is 0.465 e. The van der Waals surface area contributed by atoms with Crippen LogP contribution in [0.4, 0.5) is 10.1 Å². The van der Waals surface area contributed by atoms with Crippen molar-refractivity contribution in [1.82, 2.24) is 0 Å². The molecule has 0 N–H and O–H groups in total. The van der Waals surface area contributed by atoms with E-state index in [0.29, 0.717) is 0 Å². The average molecular weight is 232 g/mol. The molecule has 0 amide bonds. The lowest BCUT2D eigenvalue weighted by atomic mass is 10.1. The number of carbonyl (C=O) groups excluding carboxylic acids is 1. The molecule has 0 saturated carbocycles. The second kappa shape index (κ2) is 4.49. The van der Waals surface area contributed by atoms with Crippen LogP contribution in [0.1, 0.15) is 10.4 Å².